The molecule has 112 valence electrons. The van der Waals surface area contributed by atoms with E-state index in [9.17, 15) is 9.90 Å². The molecular weight excluding hydrogens is 337 g/mol. The number of rotatable bonds is 5. The van der Waals surface area contributed by atoms with Crippen molar-refractivity contribution in [3.63, 3.8) is 0 Å². The summed E-state index contributed by atoms with van der Waals surface area (Å²) in [4.78, 5) is 11.8. The number of thioether (sulfide) groups is 1. The molecule has 21 heavy (non-hydrogen) atoms. The van der Waals surface area contributed by atoms with Crippen molar-refractivity contribution in [1.29, 1.82) is 0 Å². The van der Waals surface area contributed by atoms with Crippen molar-refractivity contribution in [3.05, 3.63) is 28.2 Å². The van der Waals surface area contributed by atoms with Crippen molar-refractivity contribution in [1.82, 2.24) is 5.27 Å². The highest BCUT2D eigenvalue weighted by Gasteiger charge is 2.15. The zero-order valence-corrected chi connectivity index (χ0v) is 13.3. The van der Waals surface area contributed by atoms with Gasteiger partial charge in [-0.1, -0.05) is 45.7 Å². The van der Waals surface area contributed by atoms with E-state index in [1.807, 2.05) is 0 Å². The lowest BCUT2D eigenvalue weighted by Gasteiger charge is -2.07. The van der Waals surface area contributed by atoms with Gasteiger partial charge < -0.3 is 14.9 Å². The van der Waals surface area contributed by atoms with E-state index in [2.05, 4.69) is 15.1 Å². The summed E-state index contributed by atoms with van der Waals surface area (Å²) in [5, 5.41) is 18.5. The Bertz CT molecular complexity index is 644. The molecule has 0 aliphatic rings. The molecule has 0 bridgehead atoms. The predicted octanol–water partition coefficient (Wildman–Crippen LogP) is 2.00. The minimum Gasteiger partial charge on any atom is -0.538 e. The minimum absolute atomic E-state index is 0.206. The molecule has 2 rings (SSSR count). The number of carbonyl (C=O) groups is 1. The van der Waals surface area contributed by atoms with Gasteiger partial charge in [0.15, 0.2) is 13.0 Å². The topological polar surface area (TPSA) is 82.1 Å². The van der Waals surface area contributed by atoms with E-state index in [1.165, 1.54) is 16.4 Å². The fraction of sp³-hybridized carbons (Fsp3) is 0.250. The first-order valence-corrected chi connectivity index (χ1v) is 7.63. The summed E-state index contributed by atoms with van der Waals surface area (Å²) in [6.07, 6.45) is 0.206. The number of hydrogen-bond acceptors (Lipinski definition) is 5. The number of halogens is 2. The van der Waals surface area contributed by atoms with Crippen LogP contribution in [0.1, 0.15) is 6.42 Å². The monoisotopic (exact) mass is 347 g/mol. The number of amides is 1. The van der Waals surface area contributed by atoms with Crippen LogP contribution in [0.2, 0.25) is 10.0 Å². The van der Waals surface area contributed by atoms with E-state index in [0.717, 1.165) is 0 Å². The fourth-order valence-electron chi connectivity index (χ4n) is 1.51. The molecule has 6 nitrogen and oxygen atoms in total. The second-order valence-electron chi connectivity index (χ2n) is 4.04. The van der Waals surface area contributed by atoms with Gasteiger partial charge in [-0.3, -0.25) is 4.79 Å². The molecule has 0 aliphatic heterocycles. The van der Waals surface area contributed by atoms with Gasteiger partial charge in [0.05, 0.1) is 21.0 Å². The molecule has 2 aromatic rings. The molecule has 9 heteroatoms. The van der Waals surface area contributed by atoms with E-state index in [4.69, 9.17) is 23.2 Å². The van der Waals surface area contributed by atoms with Crippen molar-refractivity contribution < 1.29 is 19.1 Å². The van der Waals surface area contributed by atoms with Gasteiger partial charge in [0.1, 0.15) is 0 Å². The quantitative estimate of drug-likeness (QED) is 0.660. The number of carbonyl (C=O) groups excluding carboxylic acids is 1. The van der Waals surface area contributed by atoms with Crippen molar-refractivity contribution >= 4 is 46.6 Å². The third-order valence-corrected chi connectivity index (χ3v) is 4.44. The minimum atomic E-state index is -0.513. The molecule has 0 aliphatic carbocycles. The van der Waals surface area contributed by atoms with Crippen LogP contribution in [0.15, 0.2) is 27.7 Å². The van der Waals surface area contributed by atoms with Gasteiger partial charge in [0.25, 0.3) is 5.03 Å². The Balaban J connectivity index is 1.87. The first-order valence-electron chi connectivity index (χ1n) is 5.88. The Morgan fingerprint density at radius 3 is 2.95 bits per heavy atom. The molecule has 0 fully saturated rings. The molecule has 0 unspecified atom stereocenters. The lowest BCUT2D eigenvalue weighted by atomic mass is 10.3. The average molecular weight is 348 g/mol. The maximum Gasteiger partial charge on any atom is 0.290 e. The summed E-state index contributed by atoms with van der Waals surface area (Å²) >= 11 is 13.0. The van der Waals surface area contributed by atoms with Gasteiger partial charge in [0, 0.05) is 12.2 Å². The van der Waals surface area contributed by atoms with E-state index in [0.29, 0.717) is 26.5 Å². The van der Waals surface area contributed by atoms with Gasteiger partial charge in [-0.2, -0.15) is 0 Å². The van der Waals surface area contributed by atoms with Crippen molar-refractivity contribution in [3.8, 4) is 5.95 Å². The Morgan fingerprint density at radius 1 is 1.52 bits per heavy atom. The summed E-state index contributed by atoms with van der Waals surface area (Å²) in [5.41, 5.74) is 0.458. The number of hydrogen-bond donors (Lipinski definition) is 1. The average Bonchev–Trinajstić information content (AvgIpc) is 2.75. The van der Waals surface area contributed by atoms with Crippen LogP contribution < -0.4 is 15.1 Å². The van der Waals surface area contributed by atoms with Crippen molar-refractivity contribution in [2.75, 3.05) is 11.1 Å². The first-order chi connectivity index (χ1) is 9.99. The normalized spacial score (nSPS) is 10.6. The highest BCUT2D eigenvalue weighted by molar-refractivity contribution is 7.99. The molecule has 1 amide bonds. The summed E-state index contributed by atoms with van der Waals surface area (Å²) in [6.45, 7) is 0. The summed E-state index contributed by atoms with van der Waals surface area (Å²) < 4.78 is 5.81. The van der Waals surface area contributed by atoms with Gasteiger partial charge in [-0.05, 0) is 12.1 Å². The number of benzene rings is 1. The van der Waals surface area contributed by atoms with E-state index in [1.54, 1.807) is 25.2 Å². The Kier molecular flexibility index (Phi) is 5.33. The van der Waals surface area contributed by atoms with Crippen LogP contribution in [0.4, 0.5) is 5.69 Å². The van der Waals surface area contributed by atoms with Gasteiger partial charge >= 0.3 is 0 Å². The highest BCUT2D eigenvalue weighted by Crippen LogP contribution is 2.29. The van der Waals surface area contributed by atoms with Crippen molar-refractivity contribution in [2.24, 2.45) is 7.05 Å². The molecule has 1 aromatic heterocycles. The third kappa shape index (κ3) is 4.03. The number of nitrogens with one attached hydrogen (secondary N) is 1. The Labute approximate surface area is 135 Å². The van der Waals surface area contributed by atoms with Gasteiger partial charge in [0.2, 0.25) is 5.91 Å². The zero-order chi connectivity index (χ0) is 15.4. The van der Waals surface area contributed by atoms with Crippen LogP contribution in [0.3, 0.4) is 0 Å². The molecule has 0 saturated carbocycles. The van der Waals surface area contributed by atoms with Gasteiger partial charge in [-0.25, -0.2) is 0 Å². The van der Waals surface area contributed by atoms with Gasteiger partial charge in [-0.15, -0.1) is 0 Å². The lowest BCUT2D eigenvalue weighted by Crippen LogP contribution is -2.32. The van der Waals surface area contributed by atoms with Crippen LogP contribution in [0.25, 0.3) is 0 Å². The maximum atomic E-state index is 11.8. The van der Waals surface area contributed by atoms with Crippen LogP contribution in [-0.2, 0) is 11.8 Å². The number of aromatic nitrogens is 2. The zero-order valence-electron chi connectivity index (χ0n) is 10.9. The Morgan fingerprint density at radius 2 is 2.29 bits per heavy atom. The SMILES string of the molecule is C[n+]1noc([O-])c1SCCC(=O)Nc1cccc(Cl)c1Cl. The second-order valence-corrected chi connectivity index (χ2v) is 5.91. The third-order valence-electron chi connectivity index (χ3n) is 2.51. The molecule has 0 saturated heterocycles. The van der Waals surface area contributed by atoms with Crippen LogP contribution in [0.5, 0.6) is 5.95 Å². The van der Waals surface area contributed by atoms with Crippen LogP contribution >= 0.6 is 35.0 Å². The molecule has 1 aromatic carbocycles. The molecule has 1 heterocycles. The Hall–Kier alpha value is -1.44. The van der Waals surface area contributed by atoms with Crippen LogP contribution in [-0.4, -0.2) is 16.9 Å². The van der Waals surface area contributed by atoms with E-state index < -0.39 is 5.95 Å². The predicted molar refractivity (Wildman–Crippen MR) is 77.6 cm³/mol. The maximum absolute atomic E-state index is 11.8. The smallest absolute Gasteiger partial charge is 0.290 e. The van der Waals surface area contributed by atoms with E-state index >= 15 is 0 Å². The highest BCUT2D eigenvalue weighted by atomic mass is 35.5. The lowest BCUT2D eigenvalue weighted by molar-refractivity contribution is -0.772. The van der Waals surface area contributed by atoms with E-state index in [-0.39, 0.29) is 12.3 Å². The largest absolute Gasteiger partial charge is 0.538 e. The number of anilines is 1. The van der Waals surface area contributed by atoms with Crippen LogP contribution in [0, 0.1) is 0 Å². The number of aryl methyl sites for hydroxylation is 1. The molecule has 0 spiro atoms. The van der Waals surface area contributed by atoms with Crippen molar-refractivity contribution in [2.45, 2.75) is 11.4 Å². The molecular formula is C12H11Cl2N3O3S. The second kappa shape index (κ2) is 7.02. The fourth-order valence-corrected chi connectivity index (χ4v) is 2.72. The summed E-state index contributed by atoms with van der Waals surface area (Å²) in [7, 11) is 1.60. The standard InChI is InChI=1S/C12H11Cl2N3O3S/c1-17-11(12(19)20-16-17)21-6-5-9(18)15-8-4-2-3-7(13)10(8)14/h2-4H,5-6H2,1H3,(H-,15,16,18,19). The molecule has 0 radical (unpaired) electrons. The first kappa shape index (κ1) is 15.9. The summed E-state index contributed by atoms with van der Waals surface area (Å²) in [6, 6.07) is 4.99. The molecule has 1 N–H and O–H groups in total. The summed E-state index contributed by atoms with van der Waals surface area (Å²) in [5.74, 6) is -0.326. The molecule has 0 atom stereocenters. The number of nitrogens with zero attached hydrogens (tertiary/aromatic N) is 2.